The van der Waals surface area contributed by atoms with Crippen LogP contribution in [0.4, 0.5) is 0 Å². The Balaban J connectivity index is 2.18. The first-order chi connectivity index (χ1) is 5.88. The van der Waals surface area contributed by atoms with Gasteiger partial charge in [-0.2, -0.15) is 5.16 Å². The van der Waals surface area contributed by atoms with Gasteiger partial charge < -0.3 is 0 Å². The highest BCUT2D eigenvalue weighted by Gasteiger charge is 2.20. The van der Waals surface area contributed by atoms with Crippen LogP contribution in [-0.4, -0.2) is 10.3 Å². The Labute approximate surface area is 69.9 Å². The fourth-order valence-corrected chi connectivity index (χ4v) is 1.84. The number of rotatable bonds is 1. The number of hydrogen-bond acceptors (Lipinski definition) is 3. The molecule has 1 fully saturated rings. The Hall–Kier alpha value is -1.06. The lowest BCUT2D eigenvalue weighted by molar-refractivity contribution is 0.294. The number of aromatic nitrogens is 2. The third-order valence-corrected chi connectivity index (χ3v) is 2.51. The number of nitrogens with one attached hydrogen (secondary N) is 1. The molecule has 12 heavy (non-hydrogen) atoms. The lowest BCUT2D eigenvalue weighted by Gasteiger charge is -2.17. The molecule has 1 aromatic rings. The van der Waals surface area contributed by atoms with E-state index in [0.717, 1.165) is 12.8 Å². The van der Waals surface area contributed by atoms with E-state index in [1.165, 1.54) is 19.3 Å². The van der Waals surface area contributed by atoms with Gasteiger partial charge in [0.15, 0.2) is 5.69 Å². The molecule has 0 aromatic carbocycles. The average molecular weight is 168 g/mol. The molecule has 1 aromatic heterocycles. The maximum atomic E-state index is 11.1. The summed E-state index contributed by atoms with van der Waals surface area (Å²) < 4.78 is 4.51. The van der Waals surface area contributed by atoms with E-state index < -0.39 is 0 Å². The second kappa shape index (κ2) is 3.13. The van der Waals surface area contributed by atoms with Crippen LogP contribution in [0.1, 0.15) is 43.7 Å². The summed E-state index contributed by atoms with van der Waals surface area (Å²) in [6.07, 6.45) is 5.85. The van der Waals surface area contributed by atoms with Gasteiger partial charge in [0.25, 0.3) is 0 Å². The highest BCUT2D eigenvalue weighted by molar-refractivity contribution is 5.01. The van der Waals surface area contributed by atoms with Crippen LogP contribution in [0.2, 0.25) is 0 Å². The SMILES string of the molecule is O=c1[nH]onc1C1CCCCC1. The predicted molar refractivity (Wildman–Crippen MR) is 42.9 cm³/mol. The van der Waals surface area contributed by atoms with Gasteiger partial charge in [0.05, 0.1) is 0 Å². The number of nitrogens with zero attached hydrogens (tertiary/aromatic N) is 1. The number of aromatic amines is 1. The zero-order valence-corrected chi connectivity index (χ0v) is 6.88. The molecule has 0 radical (unpaired) electrons. The van der Waals surface area contributed by atoms with Gasteiger partial charge in [-0.3, -0.25) is 9.42 Å². The van der Waals surface area contributed by atoms with E-state index in [-0.39, 0.29) is 5.56 Å². The molecule has 0 spiro atoms. The summed E-state index contributed by atoms with van der Waals surface area (Å²) in [7, 11) is 0. The standard InChI is InChI=1S/C8H12N2O2/c11-8-7(9-12-10-8)6-4-2-1-3-5-6/h6H,1-5H2,(H,10,11). The fourth-order valence-electron chi connectivity index (χ4n) is 1.84. The van der Waals surface area contributed by atoms with Crippen molar-refractivity contribution in [2.75, 3.05) is 0 Å². The zero-order valence-electron chi connectivity index (χ0n) is 6.88. The Morgan fingerprint density at radius 3 is 2.67 bits per heavy atom. The molecule has 0 atom stereocenters. The van der Waals surface area contributed by atoms with E-state index in [0.29, 0.717) is 11.6 Å². The first kappa shape index (κ1) is 7.58. The van der Waals surface area contributed by atoms with E-state index in [2.05, 4.69) is 14.9 Å². The smallest absolute Gasteiger partial charge is 0.267 e. The first-order valence-corrected chi connectivity index (χ1v) is 4.42. The molecule has 1 aliphatic rings. The Morgan fingerprint density at radius 2 is 2.08 bits per heavy atom. The second-order valence-electron chi connectivity index (χ2n) is 3.33. The molecule has 0 saturated heterocycles. The minimum absolute atomic E-state index is 0.151. The van der Waals surface area contributed by atoms with Crippen LogP contribution >= 0.6 is 0 Å². The number of hydrogen-bond donors (Lipinski definition) is 1. The van der Waals surface area contributed by atoms with Crippen LogP contribution in [0, 0.1) is 0 Å². The monoisotopic (exact) mass is 168 g/mol. The molecular formula is C8H12N2O2. The lowest BCUT2D eigenvalue weighted by Crippen LogP contribution is -2.14. The Morgan fingerprint density at radius 1 is 1.33 bits per heavy atom. The van der Waals surface area contributed by atoms with Crippen LogP contribution in [0.5, 0.6) is 0 Å². The molecule has 0 unspecified atom stereocenters. The minimum Gasteiger partial charge on any atom is -0.267 e. The fraction of sp³-hybridized carbons (Fsp3) is 0.750. The zero-order chi connectivity index (χ0) is 8.39. The van der Waals surface area contributed by atoms with E-state index in [9.17, 15) is 4.79 Å². The van der Waals surface area contributed by atoms with E-state index in [1.807, 2.05) is 0 Å². The summed E-state index contributed by atoms with van der Waals surface area (Å²) in [5.74, 6) is 0.334. The molecule has 1 saturated carbocycles. The first-order valence-electron chi connectivity index (χ1n) is 4.42. The summed E-state index contributed by atoms with van der Waals surface area (Å²) in [5.41, 5.74) is 0.441. The number of H-pyrrole nitrogens is 1. The van der Waals surface area contributed by atoms with Gasteiger partial charge in [-0.15, -0.1) is 0 Å². The molecule has 1 aliphatic carbocycles. The van der Waals surface area contributed by atoms with E-state index in [4.69, 9.17) is 0 Å². The van der Waals surface area contributed by atoms with Crippen LogP contribution in [0.15, 0.2) is 9.42 Å². The Bertz CT molecular complexity index is 296. The van der Waals surface area contributed by atoms with Crippen LogP contribution in [-0.2, 0) is 0 Å². The van der Waals surface area contributed by atoms with Crippen molar-refractivity contribution in [3.63, 3.8) is 0 Å². The summed E-state index contributed by atoms with van der Waals surface area (Å²) in [5, 5.41) is 5.92. The van der Waals surface area contributed by atoms with Crippen LogP contribution in [0.3, 0.4) is 0 Å². The molecule has 66 valence electrons. The molecule has 1 heterocycles. The Kier molecular flexibility index (Phi) is 1.98. The average Bonchev–Trinajstić information content (AvgIpc) is 2.53. The van der Waals surface area contributed by atoms with Crippen molar-refractivity contribution in [2.24, 2.45) is 0 Å². The third-order valence-electron chi connectivity index (χ3n) is 2.51. The molecule has 0 aliphatic heterocycles. The van der Waals surface area contributed by atoms with Crippen molar-refractivity contribution in [1.29, 1.82) is 0 Å². The highest BCUT2D eigenvalue weighted by Crippen LogP contribution is 2.29. The van der Waals surface area contributed by atoms with Gasteiger partial charge in [0.2, 0.25) is 0 Å². The van der Waals surface area contributed by atoms with E-state index >= 15 is 0 Å². The summed E-state index contributed by atoms with van der Waals surface area (Å²) >= 11 is 0. The van der Waals surface area contributed by atoms with Crippen molar-refractivity contribution in [1.82, 2.24) is 10.3 Å². The van der Waals surface area contributed by atoms with Gasteiger partial charge in [-0.05, 0) is 12.8 Å². The van der Waals surface area contributed by atoms with Gasteiger partial charge in [0.1, 0.15) is 0 Å². The van der Waals surface area contributed by atoms with Crippen molar-refractivity contribution >= 4 is 0 Å². The molecule has 4 nitrogen and oxygen atoms in total. The predicted octanol–water partition coefficient (Wildman–Crippen LogP) is 1.41. The second-order valence-corrected chi connectivity index (χ2v) is 3.33. The third kappa shape index (κ3) is 1.29. The maximum absolute atomic E-state index is 11.1. The van der Waals surface area contributed by atoms with Crippen molar-refractivity contribution in [3.8, 4) is 0 Å². The van der Waals surface area contributed by atoms with Crippen LogP contribution in [0.25, 0.3) is 0 Å². The molecule has 2 rings (SSSR count). The lowest BCUT2D eigenvalue weighted by atomic mass is 9.87. The van der Waals surface area contributed by atoms with Crippen molar-refractivity contribution in [2.45, 2.75) is 38.0 Å². The molecule has 0 bridgehead atoms. The van der Waals surface area contributed by atoms with Gasteiger partial charge in [-0.25, -0.2) is 0 Å². The summed E-state index contributed by atoms with van der Waals surface area (Å²) in [6.45, 7) is 0. The minimum atomic E-state index is -0.151. The van der Waals surface area contributed by atoms with Crippen molar-refractivity contribution < 1.29 is 4.63 Å². The van der Waals surface area contributed by atoms with Gasteiger partial charge >= 0.3 is 5.56 Å². The molecule has 4 heteroatoms. The van der Waals surface area contributed by atoms with Crippen molar-refractivity contribution in [3.05, 3.63) is 16.0 Å². The van der Waals surface area contributed by atoms with Crippen LogP contribution < -0.4 is 5.56 Å². The quantitative estimate of drug-likeness (QED) is 0.689. The van der Waals surface area contributed by atoms with E-state index in [1.54, 1.807) is 0 Å². The normalized spacial score (nSPS) is 19.7. The topological polar surface area (TPSA) is 58.9 Å². The molecule has 0 amide bonds. The molecule has 1 N–H and O–H groups in total. The molecular weight excluding hydrogens is 156 g/mol. The largest absolute Gasteiger partial charge is 0.304 e. The van der Waals surface area contributed by atoms with Gasteiger partial charge in [-0.1, -0.05) is 24.4 Å². The van der Waals surface area contributed by atoms with Gasteiger partial charge in [0, 0.05) is 5.92 Å². The summed E-state index contributed by atoms with van der Waals surface area (Å²) in [6, 6.07) is 0. The highest BCUT2D eigenvalue weighted by atomic mass is 16.6. The maximum Gasteiger partial charge on any atom is 0.304 e. The summed E-state index contributed by atoms with van der Waals surface area (Å²) in [4.78, 5) is 11.1.